The molecule has 31 heavy (non-hydrogen) atoms. The van der Waals surface area contributed by atoms with Crippen LogP contribution in [-0.4, -0.2) is 33.3 Å². The van der Waals surface area contributed by atoms with E-state index in [9.17, 15) is 22.9 Å². The monoisotopic (exact) mass is 442 g/mol. The molecule has 10 heteroatoms. The first kappa shape index (κ1) is 20.8. The summed E-state index contributed by atoms with van der Waals surface area (Å²) in [5.41, 5.74) is 0.555. The average molecular weight is 442 g/mol. The van der Waals surface area contributed by atoms with Crippen LogP contribution in [0.2, 0.25) is 0 Å². The lowest BCUT2D eigenvalue weighted by Crippen LogP contribution is -2.41. The number of hydrogen-bond donors (Lipinski definition) is 2. The highest BCUT2D eigenvalue weighted by Crippen LogP contribution is 2.35. The topological polar surface area (TPSA) is 112 Å². The summed E-state index contributed by atoms with van der Waals surface area (Å²) in [6, 6.07) is 7.91. The molecule has 4 rings (SSSR count). The molecule has 1 aliphatic heterocycles. The summed E-state index contributed by atoms with van der Waals surface area (Å²) in [4.78, 5) is 29.3. The number of hydrogen-bond acceptors (Lipinski definition) is 4. The second-order valence-corrected chi connectivity index (χ2v) is 8.65. The van der Waals surface area contributed by atoms with Crippen LogP contribution in [0.4, 0.5) is 19.3 Å². The fraction of sp³-hybridized carbons (Fsp3) is 0.190. The van der Waals surface area contributed by atoms with Crippen molar-refractivity contribution in [2.75, 3.05) is 18.1 Å². The van der Waals surface area contributed by atoms with E-state index in [-0.39, 0.29) is 28.1 Å². The molecule has 1 aliphatic rings. The number of carbonyl (C=O) groups is 1. The molecule has 3 aromatic rings. The summed E-state index contributed by atoms with van der Waals surface area (Å²) < 4.78 is 39.7. The van der Waals surface area contributed by atoms with Crippen molar-refractivity contribution in [2.45, 2.75) is 11.8 Å². The molecule has 0 saturated carbocycles. The lowest BCUT2D eigenvalue weighted by atomic mass is 9.97. The largest absolute Gasteiger partial charge is 0.616 e. The summed E-state index contributed by atoms with van der Waals surface area (Å²) in [6.07, 6.45) is 0. The number of amides is 2. The first-order chi connectivity index (χ1) is 14.8. The molecule has 2 aromatic carbocycles. The van der Waals surface area contributed by atoms with Crippen LogP contribution in [0, 0.1) is 23.0 Å². The van der Waals surface area contributed by atoms with E-state index in [1.54, 1.807) is 6.07 Å². The maximum atomic E-state index is 13.7. The van der Waals surface area contributed by atoms with Gasteiger partial charge in [0.1, 0.15) is 35.3 Å². The van der Waals surface area contributed by atoms with Gasteiger partial charge < -0.3 is 19.8 Å². The Morgan fingerprint density at radius 3 is 2.81 bits per heavy atom. The van der Waals surface area contributed by atoms with E-state index in [2.05, 4.69) is 10.3 Å². The molecule has 0 fully saturated rings. The van der Waals surface area contributed by atoms with Crippen molar-refractivity contribution in [3.63, 3.8) is 0 Å². The highest BCUT2D eigenvalue weighted by molar-refractivity contribution is 7.90. The second kappa shape index (κ2) is 8.02. The third-order valence-electron chi connectivity index (χ3n) is 5.21. The van der Waals surface area contributed by atoms with E-state index < -0.39 is 40.4 Å². The van der Waals surface area contributed by atoms with Gasteiger partial charge in [-0.05, 0) is 46.9 Å². The number of carbonyl (C=O) groups excluding carboxylic acids is 1. The Bertz CT molecular complexity index is 1300. The maximum Gasteiger partial charge on any atom is 0.322 e. The van der Waals surface area contributed by atoms with E-state index in [1.807, 2.05) is 0 Å². The van der Waals surface area contributed by atoms with Crippen LogP contribution in [0.5, 0.6) is 0 Å². The van der Waals surface area contributed by atoms with Crippen LogP contribution < -0.4 is 10.9 Å². The van der Waals surface area contributed by atoms with Gasteiger partial charge in [-0.3, -0.25) is 4.79 Å². The first-order valence-corrected chi connectivity index (χ1v) is 10.7. The van der Waals surface area contributed by atoms with Gasteiger partial charge in [-0.1, -0.05) is 6.07 Å². The third-order valence-corrected chi connectivity index (χ3v) is 6.51. The van der Waals surface area contributed by atoms with Crippen molar-refractivity contribution in [2.24, 2.45) is 0 Å². The lowest BCUT2D eigenvalue weighted by molar-refractivity contribution is 0.208. The van der Waals surface area contributed by atoms with E-state index in [0.29, 0.717) is 16.6 Å². The number of H-pyrrole nitrogens is 1. The van der Waals surface area contributed by atoms with Crippen LogP contribution in [-0.2, 0) is 16.9 Å². The Labute approximate surface area is 178 Å². The second-order valence-electron chi connectivity index (χ2n) is 7.15. The van der Waals surface area contributed by atoms with Crippen LogP contribution in [0.25, 0.3) is 10.8 Å². The number of nitrogens with zero attached hydrogens (tertiary/aromatic N) is 2. The van der Waals surface area contributed by atoms with Gasteiger partial charge in [0.25, 0.3) is 5.56 Å². The number of nitrogens with one attached hydrogen (secondary N) is 2. The van der Waals surface area contributed by atoms with Gasteiger partial charge in [0.2, 0.25) is 0 Å². The first-order valence-electron chi connectivity index (χ1n) is 9.21. The summed E-state index contributed by atoms with van der Waals surface area (Å²) in [7, 11) is 1.50. The van der Waals surface area contributed by atoms with E-state index >= 15 is 0 Å². The van der Waals surface area contributed by atoms with Crippen molar-refractivity contribution in [1.82, 2.24) is 9.88 Å². The molecule has 0 radical (unpaired) electrons. The van der Waals surface area contributed by atoms with Gasteiger partial charge in [-0.2, -0.15) is 5.26 Å². The molecule has 2 heterocycles. The van der Waals surface area contributed by atoms with Gasteiger partial charge in [0.15, 0.2) is 0 Å². The molecule has 158 valence electrons. The molecular weight excluding hydrogens is 426 g/mol. The number of fused-ring (bicyclic) bond motifs is 3. The summed E-state index contributed by atoms with van der Waals surface area (Å²) >= 11 is -1.34. The number of aromatic amines is 1. The number of pyridine rings is 1. The van der Waals surface area contributed by atoms with Crippen LogP contribution in [0.15, 0.2) is 41.2 Å². The van der Waals surface area contributed by atoms with Gasteiger partial charge in [-0.15, -0.1) is 0 Å². The fourth-order valence-electron chi connectivity index (χ4n) is 3.69. The number of halogens is 2. The number of rotatable bonds is 2. The molecule has 7 nitrogen and oxygen atoms in total. The van der Waals surface area contributed by atoms with Crippen LogP contribution in [0.1, 0.15) is 22.9 Å². The van der Waals surface area contributed by atoms with Crippen molar-refractivity contribution in [1.29, 1.82) is 5.26 Å². The minimum atomic E-state index is -1.34. The minimum absolute atomic E-state index is 0.118. The Hall–Kier alpha value is -3.42. The molecule has 1 aromatic heterocycles. The number of urea groups is 1. The van der Waals surface area contributed by atoms with Crippen LogP contribution >= 0.6 is 0 Å². The zero-order valence-electron chi connectivity index (χ0n) is 16.2. The predicted octanol–water partition coefficient (Wildman–Crippen LogP) is 3.15. The van der Waals surface area contributed by atoms with Gasteiger partial charge >= 0.3 is 6.03 Å². The molecule has 0 unspecified atom stereocenters. The highest BCUT2D eigenvalue weighted by Gasteiger charge is 2.36. The molecular formula is C21H16F2N4O3S. The third kappa shape index (κ3) is 3.85. The molecule has 2 amide bonds. The lowest BCUT2D eigenvalue weighted by Gasteiger charge is -2.34. The molecule has 0 spiro atoms. The summed E-state index contributed by atoms with van der Waals surface area (Å²) in [6.45, 7) is 0. The zero-order chi connectivity index (χ0) is 22.3. The predicted molar refractivity (Wildman–Crippen MR) is 112 cm³/mol. The van der Waals surface area contributed by atoms with Crippen molar-refractivity contribution < 1.29 is 18.1 Å². The van der Waals surface area contributed by atoms with E-state index in [1.165, 1.54) is 36.2 Å². The molecule has 2 atom stereocenters. The Kier molecular flexibility index (Phi) is 5.39. The highest BCUT2D eigenvalue weighted by atomic mass is 32.2. The average Bonchev–Trinajstić information content (AvgIpc) is 2.74. The number of benzene rings is 2. The van der Waals surface area contributed by atoms with E-state index in [4.69, 9.17) is 5.26 Å². The van der Waals surface area contributed by atoms with E-state index in [0.717, 1.165) is 12.1 Å². The number of anilines is 1. The molecule has 2 N–H and O–H groups in total. The van der Waals surface area contributed by atoms with Crippen molar-refractivity contribution in [3.05, 3.63) is 75.2 Å². The maximum absolute atomic E-state index is 13.7. The molecule has 0 saturated heterocycles. The zero-order valence-corrected chi connectivity index (χ0v) is 17.1. The van der Waals surface area contributed by atoms with Gasteiger partial charge in [-0.25, -0.2) is 13.6 Å². The SMILES string of the molecule is CN(C(=O)Nc1ccc(F)c(C#N)c1)[C@H]1C[S@@+]([O-])Cc2[nH]c(=O)c3cc(F)ccc3c21. The quantitative estimate of drug-likeness (QED) is 0.594. The van der Waals surface area contributed by atoms with Gasteiger partial charge in [0, 0.05) is 18.3 Å². The number of aromatic nitrogens is 1. The Balaban J connectivity index is 1.73. The smallest absolute Gasteiger partial charge is 0.322 e. The minimum Gasteiger partial charge on any atom is -0.616 e. The van der Waals surface area contributed by atoms with Crippen molar-refractivity contribution >= 4 is 33.7 Å². The fourth-order valence-corrected chi connectivity index (χ4v) is 5.10. The standard InChI is InChI=1S/C21H16F2N4O3S/c1-27(21(29)25-13-3-5-16(23)11(6-13)8-24)18-10-31(30)9-17-19(18)14-4-2-12(22)7-15(14)20(28)26-17/h2-7,18H,9-10H2,1H3,(H,25,29)(H,26,28)/t18-,31-/m0/s1. The normalized spacial score (nSPS) is 17.6. The van der Waals surface area contributed by atoms with Crippen LogP contribution in [0.3, 0.4) is 0 Å². The Morgan fingerprint density at radius 1 is 1.29 bits per heavy atom. The molecule has 0 bridgehead atoms. The number of nitriles is 1. The van der Waals surface area contributed by atoms with Crippen molar-refractivity contribution in [3.8, 4) is 6.07 Å². The summed E-state index contributed by atoms with van der Waals surface area (Å²) in [5.74, 6) is -1.02. The molecule has 0 aliphatic carbocycles. The summed E-state index contributed by atoms with van der Waals surface area (Å²) in [5, 5.41) is 12.2. The van der Waals surface area contributed by atoms with Gasteiger partial charge in [0.05, 0.1) is 16.6 Å². The Morgan fingerprint density at radius 2 is 2.06 bits per heavy atom.